The van der Waals surface area contributed by atoms with Crippen LogP contribution in [0.4, 0.5) is 0 Å². The Morgan fingerprint density at radius 3 is 2.38 bits per heavy atom. The molecular weight excluding hydrogens is 158 g/mol. The molecule has 0 aromatic heterocycles. The standard InChI is InChI=1S/C12H19N/c1-9(2)11(4)13-12-8-6-5-7-10(12)3/h1,5-8H2,2-4H3/b13-11-. The first-order valence-electron chi connectivity index (χ1n) is 5.01. The fourth-order valence-electron chi connectivity index (χ4n) is 1.49. The molecule has 0 saturated heterocycles. The zero-order chi connectivity index (χ0) is 9.84. The maximum Gasteiger partial charge on any atom is 0.0399 e. The molecule has 0 bridgehead atoms. The van der Waals surface area contributed by atoms with Crippen LogP contribution in [0.1, 0.15) is 46.5 Å². The van der Waals surface area contributed by atoms with Gasteiger partial charge in [-0.3, -0.25) is 4.99 Å². The highest BCUT2D eigenvalue weighted by molar-refractivity contribution is 5.97. The van der Waals surface area contributed by atoms with Crippen molar-refractivity contribution in [3.05, 3.63) is 23.4 Å². The van der Waals surface area contributed by atoms with E-state index in [2.05, 4.69) is 18.5 Å². The average Bonchev–Trinajstić information content (AvgIpc) is 2.08. The fourth-order valence-corrected chi connectivity index (χ4v) is 1.49. The van der Waals surface area contributed by atoms with Crippen LogP contribution in [-0.2, 0) is 0 Å². The van der Waals surface area contributed by atoms with Gasteiger partial charge in [0, 0.05) is 11.4 Å². The summed E-state index contributed by atoms with van der Waals surface area (Å²) in [5.74, 6) is 0. The molecule has 0 aromatic carbocycles. The van der Waals surface area contributed by atoms with E-state index in [9.17, 15) is 0 Å². The lowest BCUT2D eigenvalue weighted by atomic mass is 9.97. The molecule has 72 valence electrons. The lowest BCUT2D eigenvalue weighted by molar-refractivity contribution is 0.667. The SMILES string of the molecule is C=C(C)/C(C)=N\C1=C(C)CCCC1. The minimum absolute atomic E-state index is 1.07. The second kappa shape index (κ2) is 4.40. The lowest BCUT2D eigenvalue weighted by Gasteiger charge is -2.14. The largest absolute Gasteiger partial charge is 0.258 e. The van der Waals surface area contributed by atoms with Crippen LogP contribution >= 0.6 is 0 Å². The van der Waals surface area contributed by atoms with E-state index in [1.54, 1.807) is 0 Å². The Bertz CT molecular complexity index is 269. The van der Waals surface area contributed by atoms with Gasteiger partial charge in [0.05, 0.1) is 0 Å². The summed E-state index contributed by atoms with van der Waals surface area (Å²) in [7, 11) is 0. The van der Waals surface area contributed by atoms with Crippen molar-refractivity contribution in [1.82, 2.24) is 0 Å². The van der Waals surface area contributed by atoms with Gasteiger partial charge in [-0.2, -0.15) is 0 Å². The number of rotatable bonds is 2. The Labute approximate surface area is 81.3 Å². The topological polar surface area (TPSA) is 12.4 Å². The van der Waals surface area contributed by atoms with Crippen molar-refractivity contribution in [2.75, 3.05) is 0 Å². The highest BCUT2D eigenvalue weighted by Crippen LogP contribution is 2.25. The molecule has 0 spiro atoms. The van der Waals surface area contributed by atoms with Crippen molar-refractivity contribution < 1.29 is 0 Å². The van der Waals surface area contributed by atoms with Gasteiger partial charge < -0.3 is 0 Å². The second-order valence-electron chi connectivity index (χ2n) is 3.91. The third-order valence-corrected chi connectivity index (χ3v) is 2.63. The van der Waals surface area contributed by atoms with Gasteiger partial charge in [-0.15, -0.1) is 0 Å². The van der Waals surface area contributed by atoms with Gasteiger partial charge in [0.1, 0.15) is 0 Å². The van der Waals surface area contributed by atoms with Crippen LogP contribution < -0.4 is 0 Å². The monoisotopic (exact) mass is 177 g/mol. The molecule has 0 radical (unpaired) electrons. The molecule has 0 heterocycles. The number of allylic oxidation sites excluding steroid dienone is 3. The molecule has 0 unspecified atom stereocenters. The summed E-state index contributed by atoms with van der Waals surface area (Å²) >= 11 is 0. The summed E-state index contributed by atoms with van der Waals surface area (Å²) < 4.78 is 0. The first kappa shape index (κ1) is 10.2. The van der Waals surface area contributed by atoms with Crippen LogP contribution in [0.25, 0.3) is 0 Å². The minimum atomic E-state index is 1.07. The van der Waals surface area contributed by atoms with Crippen LogP contribution in [0, 0.1) is 0 Å². The summed E-state index contributed by atoms with van der Waals surface area (Å²) in [6.45, 7) is 10.1. The Balaban J connectivity index is 2.82. The third kappa shape index (κ3) is 2.83. The quantitative estimate of drug-likeness (QED) is 0.568. The van der Waals surface area contributed by atoms with E-state index >= 15 is 0 Å². The Kier molecular flexibility index (Phi) is 3.47. The van der Waals surface area contributed by atoms with E-state index in [0.717, 1.165) is 17.7 Å². The number of hydrogen-bond acceptors (Lipinski definition) is 1. The lowest BCUT2D eigenvalue weighted by Crippen LogP contribution is -1.99. The predicted molar refractivity (Wildman–Crippen MR) is 59.1 cm³/mol. The molecule has 0 fully saturated rings. The molecule has 0 amide bonds. The van der Waals surface area contributed by atoms with Gasteiger partial charge in [0.25, 0.3) is 0 Å². The number of nitrogens with zero attached hydrogens (tertiary/aromatic N) is 1. The highest BCUT2D eigenvalue weighted by atomic mass is 14.8. The summed E-state index contributed by atoms with van der Waals surface area (Å²) in [4.78, 5) is 4.61. The van der Waals surface area contributed by atoms with Crippen LogP contribution in [-0.4, -0.2) is 5.71 Å². The first-order chi connectivity index (χ1) is 6.11. The van der Waals surface area contributed by atoms with Crippen molar-refractivity contribution >= 4 is 5.71 Å². The number of aliphatic imine (C=N–C) groups is 1. The van der Waals surface area contributed by atoms with Gasteiger partial charge >= 0.3 is 0 Å². The van der Waals surface area contributed by atoms with Crippen LogP contribution in [0.5, 0.6) is 0 Å². The summed E-state index contributed by atoms with van der Waals surface area (Å²) in [5, 5.41) is 0. The fraction of sp³-hybridized carbons (Fsp3) is 0.583. The predicted octanol–water partition coefficient (Wildman–Crippen LogP) is 3.87. The smallest absolute Gasteiger partial charge is 0.0399 e. The molecule has 1 aliphatic carbocycles. The van der Waals surface area contributed by atoms with Crippen molar-refractivity contribution in [2.45, 2.75) is 46.5 Å². The zero-order valence-corrected chi connectivity index (χ0v) is 8.98. The van der Waals surface area contributed by atoms with Crippen molar-refractivity contribution in [2.24, 2.45) is 4.99 Å². The molecule has 1 nitrogen and oxygen atoms in total. The van der Waals surface area contributed by atoms with Crippen molar-refractivity contribution in [1.29, 1.82) is 0 Å². The molecular formula is C12H19N. The van der Waals surface area contributed by atoms with Gasteiger partial charge in [0.2, 0.25) is 0 Å². The maximum atomic E-state index is 4.61. The van der Waals surface area contributed by atoms with Gasteiger partial charge in [-0.1, -0.05) is 12.2 Å². The number of hydrogen-bond donors (Lipinski definition) is 0. The van der Waals surface area contributed by atoms with Crippen molar-refractivity contribution in [3.8, 4) is 0 Å². The Hall–Kier alpha value is -0.850. The summed E-state index contributed by atoms with van der Waals surface area (Å²) in [6, 6.07) is 0. The molecule has 0 N–H and O–H groups in total. The molecule has 0 aromatic rings. The molecule has 1 rings (SSSR count). The van der Waals surface area contributed by atoms with E-state index in [-0.39, 0.29) is 0 Å². The molecule has 1 aliphatic rings. The van der Waals surface area contributed by atoms with E-state index in [4.69, 9.17) is 0 Å². The van der Waals surface area contributed by atoms with E-state index in [1.807, 2.05) is 13.8 Å². The summed E-state index contributed by atoms with van der Waals surface area (Å²) in [5.41, 5.74) is 4.92. The first-order valence-corrected chi connectivity index (χ1v) is 5.01. The molecule has 13 heavy (non-hydrogen) atoms. The minimum Gasteiger partial charge on any atom is -0.258 e. The van der Waals surface area contributed by atoms with Crippen LogP contribution in [0.3, 0.4) is 0 Å². The maximum absolute atomic E-state index is 4.61. The molecule has 1 heteroatoms. The second-order valence-corrected chi connectivity index (χ2v) is 3.91. The van der Waals surface area contributed by atoms with Crippen LogP contribution in [0.2, 0.25) is 0 Å². The molecule has 0 aliphatic heterocycles. The molecule has 0 atom stereocenters. The van der Waals surface area contributed by atoms with E-state index in [0.29, 0.717) is 0 Å². The van der Waals surface area contributed by atoms with E-state index < -0.39 is 0 Å². The molecule has 0 saturated carbocycles. The van der Waals surface area contributed by atoms with Crippen molar-refractivity contribution in [3.63, 3.8) is 0 Å². The Morgan fingerprint density at radius 1 is 1.23 bits per heavy atom. The van der Waals surface area contributed by atoms with Gasteiger partial charge in [-0.25, -0.2) is 0 Å². The van der Waals surface area contributed by atoms with E-state index in [1.165, 1.54) is 30.5 Å². The highest BCUT2D eigenvalue weighted by Gasteiger charge is 2.08. The zero-order valence-electron chi connectivity index (χ0n) is 8.98. The van der Waals surface area contributed by atoms with Gasteiger partial charge in [-0.05, 0) is 52.0 Å². The third-order valence-electron chi connectivity index (χ3n) is 2.63. The normalized spacial score (nSPS) is 19.2. The van der Waals surface area contributed by atoms with Crippen LogP contribution in [0.15, 0.2) is 28.4 Å². The summed E-state index contributed by atoms with van der Waals surface area (Å²) in [6.07, 6.45) is 5.00. The average molecular weight is 177 g/mol. The Morgan fingerprint density at radius 2 is 1.85 bits per heavy atom. The van der Waals surface area contributed by atoms with Gasteiger partial charge in [0.15, 0.2) is 0 Å².